The molecular weight excluding hydrogens is 377 g/mol. The van der Waals surface area contributed by atoms with E-state index >= 15 is 0 Å². The first kappa shape index (κ1) is 23.3. The largest absolute Gasteiger partial charge is 0.481 e. The molecule has 4 atom stereocenters. The molecule has 1 aliphatic rings. The van der Waals surface area contributed by atoms with E-state index in [4.69, 9.17) is 5.11 Å². The van der Waals surface area contributed by atoms with Gasteiger partial charge in [-0.15, -0.1) is 0 Å². The molecule has 7 heteroatoms. The minimum Gasteiger partial charge on any atom is -0.481 e. The van der Waals surface area contributed by atoms with Gasteiger partial charge in [0.05, 0.1) is 11.8 Å². The van der Waals surface area contributed by atoms with Gasteiger partial charge in [0, 0.05) is 6.42 Å². The number of hydrogen-bond acceptors (Lipinski definition) is 4. The van der Waals surface area contributed by atoms with Crippen molar-refractivity contribution in [3.63, 3.8) is 0 Å². The molecule has 0 aliphatic heterocycles. The number of halogens is 1. The van der Waals surface area contributed by atoms with Crippen LogP contribution in [-0.4, -0.2) is 39.4 Å². The summed E-state index contributed by atoms with van der Waals surface area (Å²) in [5.74, 6) is -1.54. The van der Waals surface area contributed by atoms with E-state index in [-0.39, 0.29) is 36.5 Å². The van der Waals surface area contributed by atoms with Gasteiger partial charge in [0.15, 0.2) is 0 Å². The van der Waals surface area contributed by atoms with Crippen molar-refractivity contribution in [3.05, 3.63) is 30.1 Å². The van der Waals surface area contributed by atoms with Gasteiger partial charge in [-0.1, -0.05) is 31.4 Å². The van der Waals surface area contributed by atoms with Crippen molar-refractivity contribution in [2.45, 2.75) is 76.4 Å². The Kier molecular flexibility index (Phi) is 9.54. The Morgan fingerprint density at radius 2 is 1.83 bits per heavy atom. The zero-order valence-corrected chi connectivity index (χ0v) is 16.7. The fourth-order valence-electron chi connectivity index (χ4n) is 4.21. The van der Waals surface area contributed by atoms with Crippen molar-refractivity contribution in [2.24, 2.45) is 11.8 Å². The highest BCUT2D eigenvalue weighted by atomic mass is 19.1. The first-order chi connectivity index (χ1) is 13.9. The number of para-hydroxylation sites is 1. The van der Waals surface area contributed by atoms with Crippen molar-refractivity contribution in [3.8, 4) is 0 Å². The van der Waals surface area contributed by atoms with E-state index in [0.29, 0.717) is 12.8 Å². The highest BCUT2D eigenvalue weighted by Crippen LogP contribution is 2.38. The molecule has 0 heterocycles. The summed E-state index contributed by atoms with van der Waals surface area (Å²) in [5.41, 5.74) is 0.0496. The number of anilines is 1. The number of carbonyl (C=O) groups is 2. The molecule has 1 unspecified atom stereocenters. The van der Waals surface area contributed by atoms with Crippen LogP contribution in [0.4, 0.5) is 10.1 Å². The van der Waals surface area contributed by atoms with E-state index in [1.807, 2.05) is 0 Å². The van der Waals surface area contributed by atoms with Crippen LogP contribution in [0.25, 0.3) is 0 Å². The number of rotatable bonds is 12. The average Bonchev–Trinajstić information content (AvgIpc) is 3.03. The van der Waals surface area contributed by atoms with E-state index in [1.54, 1.807) is 6.07 Å². The Morgan fingerprint density at radius 1 is 1.10 bits per heavy atom. The molecule has 1 fully saturated rings. The zero-order valence-electron chi connectivity index (χ0n) is 16.7. The lowest BCUT2D eigenvalue weighted by Crippen LogP contribution is -2.29. The van der Waals surface area contributed by atoms with Crippen LogP contribution >= 0.6 is 0 Å². The van der Waals surface area contributed by atoms with Crippen LogP contribution in [-0.2, 0) is 9.59 Å². The van der Waals surface area contributed by atoms with Gasteiger partial charge >= 0.3 is 5.97 Å². The SMILES string of the molecule is O=C(O)CCCCCC[C@@H]1[C@@H](CCC(O)C(=O)Nc2ccccc2F)CC[C@@H]1O. The number of carbonyl (C=O) groups excluding carboxylic acids is 1. The summed E-state index contributed by atoms with van der Waals surface area (Å²) in [4.78, 5) is 22.6. The molecule has 6 nitrogen and oxygen atoms in total. The maximum absolute atomic E-state index is 13.6. The Balaban J connectivity index is 1.72. The Hall–Kier alpha value is -1.99. The average molecular weight is 409 g/mol. The first-order valence-electron chi connectivity index (χ1n) is 10.5. The number of hydrogen-bond donors (Lipinski definition) is 4. The highest BCUT2D eigenvalue weighted by molar-refractivity contribution is 5.94. The van der Waals surface area contributed by atoms with Gasteiger partial charge in [0.2, 0.25) is 0 Å². The molecule has 0 saturated heterocycles. The molecule has 1 aromatic carbocycles. The Labute approximate surface area is 171 Å². The minimum absolute atomic E-state index is 0.0496. The third kappa shape index (κ3) is 7.74. The maximum atomic E-state index is 13.6. The van der Waals surface area contributed by atoms with Crippen molar-refractivity contribution in [1.29, 1.82) is 0 Å². The molecular formula is C22H32FNO5. The molecule has 0 bridgehead atoms. The van der Waals surface area contributed by atoms with Gasteiger partial charge in [0.1, 0.15) is 11.9 Å². The predicted molar refractivity (Wildman–Crippen MR) is 108 cm³/mol. The van der Waals surface area contributed by atoms with Crippen molar-refractivity contribution in [1.82, 2.24) is 0 Å². The molecule has 1 aliphatic carbocycles. The van der Waals surface area contributed by atoms with E-state index < -0.39 is 23.8 Å². The first-order valence-corrected chi connectivity index (χ1v) is 10.5. The van der Waals surface area contributed by atoms with Crippen LogP contribution < -0.4 is 5.32 Å². The minimum atomic E-state index is -1.22. The van der Waals surface area contributed by atoms with Crippen molar-refractivity contribution < 1.29 is 29.3 Å². The molecule has 2 rings (SSSR count). The zero-order chi connectivity index (χ0) is 21.2. The summed E-state index contributed by atoms with van der Waals surface area (Å²) in [5, 5.41) is 31.5. The molecule has 1 saturated carbocycles. The number of carboxylic acids is 1. The molecule has 1 amide bonds. The van der Waals surface area contributed by atoms with Crippen LogP contribution in [0.5, 0.6) is 0 Å². The molecule has 0 spiro atoms. The summed E-state index contributed by atoms with van der Waals surface area (Å²) < 4.78 is 13.6. The van der Waals surface area contributed by atoms with Gasteiger partial charge in [0.25, 0.3) is 5.91 Å². The molecule has 4 N–H and O–H groups in total. The van der Waals surface area contributed by atoms with E-state index in [2.05, 4.69) is 5.32 Å². The maximum Gasteiger partial charge on any atom is 0.303 e. The normalized spacial score (nSPS) is 22.4. The lowest BCUT2D eigenvalue weighted by Gasteiger charge is -2.23. The second kappa shape index (κ2) is 11.9. The number of carboxylic acid groups (broad SMARTS) is 1. The van der Waals surface area contributed by atoms with Crippen LogP contribution in [0.1, 0.15) is 64.2 Å². The lowest BCUT2D eigenvalue weighted by atomic mass is 9.85. The number of aliphatic carboxylic acids is 1. The second-order valence-electron chi connectivity index (χ2n) is 7.98. The van der Waals surface area contributed by atoms with Crippen LogP contribution in [0.15, 0.2) is 24.3 Å². The third-order valence-corrected chi connectivity index (χ3v) is 5.86. The summed E-state index contributed by atoms with van der Waals surface area (Å²) in [7, 11) is 0. The smallest absolute Gasteiger partial charge is 0.303 e. The quantitative estimate of drug-likeness (QED) is 0.394. The van der Waals surface area contributed by atoms with Gasteiger partial charge in [-0.05, 0) is 62.5 Å². The number of unbranched alkanes of at least 4 members (excludes halogenated alkanes) is 3. The van der Waals surface area contributed by atoms with Gasteiger partial charge in [-0.25, -0.2) is 4.39 Å². The van der Waals surface area contributed by atoms with E-state index in [1.165, 1.54) is 18.2 Å². The number of amides is 1. The van der Waals surface area contributed by atoms with Crippen LogP contribution in [0, 0.1) is 17.7 Å². The number of benzene rings is 1. The number of aliphatic hydroxyl groups excluding tert-OH is 2. The molecule has 0 radical (unpaired) electrons. The lowest BCUT2D eigenvalue weighted by molar-refractivity contribution is -0.137. The standard InChI is InChI=1S/C22H32FNO5/c23-17-8-5-6-9-18(17)24-22(29)20(26)14-12-15-11-13-19(25)16(15)7-3-1-2-4-10-21(27)28/h5-6,8-9,15-16,19-20,25-26H,1-4,7,10-14H2,(H,24,29)(H,27,28)/t15-,16-,19+,20?/m1/s1. The van der Waals surface area contributed by atoms with Gasteiger partial charge < -0.3 is 20.6 Å². The Morgan fingerprint density at radius 3 is 2.55 bits per heavy atom. The fraction of sp³-hybridized carbons (Fsp3) is 0.636. The van der Waals surface area contributed by atoms with Crippen molar-refractivity contribution in [2.75, 3.05) is 5.32 Å². The third-order valence-electron chi connectivity index (χ3n) is 5.86. The monoisotopic (exact) mass is 409 g/mol. The molecule has 29 heavy (non-hydrogen) atoms. The van der Waals surface area contributed by atoms with Crippen LogP contribution in [0.2, 0.25) is 0 Å². The molecule has 162 valence electrons. The number of nitrogens with one attached hydrogen (secondary N) is 1. The number of aliphatic hydroxyl groups is 2. The topological polar surface area (TPSA) is 107 Å². The summed E-state index contributed by atoms with van der Waals surface area (Å²) in [6, 6.07) is 5.82. The van der Waals surface area contributed by atoms with Gasteiger partial charge in [-0.2, -0.15) is 0 Å². The summed E-state index contributed by atoms with van der Waals surface area (Å²) >= 11 is 0. The van der Waals surface area contributed by atoms with E-state index in [9.17, 15) is 24.2 Å². The second-order valence-corrected chi connectivity index (χ2v) is 7.98. The Bertz CT molecular complexity index is 668. The molecule has 1 aromatic rings. The van der Waals surface area contributed by atoms with Crippen LogP contribution in [0.3, 0.4) is 0 Å². The summed E-state index contributed by atoms with van der Waals surface area (Å²) in [6.45, 7) is 0. The fourth-order valence-corrected chi connectivity index (χ4v) is 4.21. The van der Waals surface area contributed by atoms with E-state index in [0.717, 1.165) is 38.5 Å². The summed E-state index contributed by atoms with van der Waals surface area (Å²) in [6.07, 6.45) is 5.41. The predicted octanol–water partition coefficient (Wildman–Crippen LogP) is 3.72. The van der Waals surface area contributed by atoms with Gasteiger partial charge in [-0.3, -0.25) is 9.59 Å². The molecule has 0 aromatic heterocycles. The van der Waals surface area contributed by atoms with Crippen molar-refractivity contribution >= 4 is 17.6 Å². The highest BCUT2D eigenvalue weighted by Gasteiger charge is 2.34.